The number of carbonyl (C=O) groups excluding carboxylic acids is 1. The molecule has 0 unspecified atom stereocenters. The van der Waals surface area contributed by atoms with Gasteiger partial charge in [0.05, 0.1) is 31.9 Å². The van der Waals surface area contributed by atoms with Crippen LogP contribution >= 0.6 is 11.3 Å². The molecule has 0 fully saturated rings. The number of hydrogen-bond acceptors (Lipinski definition) is 5. The van der Waals surface area contributed by atoms with Crippen molar-refractivity contribution in [2.45, 2.75) is 6.42 Å². The summed E-state index contributed by atoms with van der Waals surface area (Å²) in [5.74, 6) is 1.22. The molecule has 1 aromatic heterocycles. The number of rotatable bonds is 7. The summed E-state index contributed by atoms with van der Waals surface area (Å²) < 4.78 is 10.7. The van der Waals surface area contributed by atoms with E-state index in [1.165, 1.54) is 11.3 Å². The first kappa shape index (κ1) is 16.0. The van der Waals surface area contributed by atoms with Crippen molar-refractivity contribution < 1.29 is 14.3 Å². The summed E-state index contributed by atoms with van der Waals surface area (Å²) in [5.41, 5.74) is 1.58. The number of aromatic nitrogens is 1. The van der Waals surface area contributed by atoms with Gasteiger partial charge in [0.15, 0.2) is 11.5 Å². The number of benzene rings is 1. The first-order valence-corrected chi connectivity index (χ1v) is 7.61. The number of ether oxygens (including phenoxy) is 2. The minimum absolute atomic E-state index is 0.0747. The molecule has 0 aliphatic rings. The Morgan fingerprint density at radius 3 is 2.91 bits per heavy atom. The monoisotopic (exact) mass is 318 g/mol. The average Bonchev–Trinajstić information content (AvgIpc) is 3.00. The van der Waals surface area contributed by atoms with E-state index in [9.17, 15) is 4.79 Å². The molecular formula is C16H18N2O3S. The number of para-hydroxylation sites is 1. The van der Waals surface area contributed by atoms with E-state index in [1.807, 2.05) is 23.6 Å². The Bertz CT molecular complexity index is 667. The van der Waals surface area contributed by atoms with Crippen LogP contribution in [0.2, 0.25) is 0 Å². The Labute approximate surface area is 133 Å². The van der Waals surface area contributed by atoms with Crippen LogP contribution in [-0.4, -0.2) is 31.7 Å². The van der Waals surface area contributed by atoms with Gasteiger partial charge in [0.2, 0.25) is 5.91 Å². The normalized spacial score (nSPS) is 10.1. The van der Waals surface area contributed by atoms with Crippen LogP contribution in [0, 0.1) is 0 Å². The van der Waals surface area contributed by atoms with Gasteiger partial charge in [-0.3, -0.25) is 4.79 Å². The van der Waals surface area contributed by atoms with Crippen molar-refractivity contribution in [3.63, 3.8) is 0 Å². The quantitative estimate of drug-likeness (QED) is 0.797. The smallest absolute Gasteiger partial charge is 0.226 e. The van der Waals surface area contributed by atoms with Gasteiger partial charge in [-0.05, 0) is 12.1 Å². The number of nitrogens with one attached hydrogen (secondary N) is 1. The topological polar surface area (TPSA) is 60.5 Å². The lowest BCUT2D eigenvalue weighted by Gasteiger charge is -2.10. The maximum absolute atomic E-state index is 11.7. The van der Waals surface area contributed by atoms with Crippen molar-refractivity contribution in [2.75, 3.05) is 20.8 Å². The third-order valence-electron chi connectivity index (χ3n) is 2.97. The third kappa shape index (κ3) is 3.65. The molecule has 0 atom stereocenters. The van der Waals surface area contributed by atoms with Gasteiger partial charge < -0.3 is 14.8 Å². The third-order valence-corrected chi connectivity index (χ3v) is 3.89. The van der Waals surface area contributed by atoms with Gasteiger partial charge in [0.25, 0.3) is 0 Å². The van der Waals surface area contributed by atoms with Crippen molar-refractivity contribution in [1.82, 2.24) is 10.3 Å². The summed E-state index contributed by atoms with van der Waals surface area (Å²) in [6, 6.07) is 5.63. The molecule has 6 heteroatoms. The molecule has 0 aliphatic carbocycles. The zero-order valence-corrected chi connectivity index (χ0v) is 13.4. The van der Waals surface area contributed by atoms with E-state index in [2.05, 4.69) is 16.9 Å². The molecule has 116 valence electrons. The van der Waals surface area contributed by atoms with Crippen LogP contribution in [0.3, 0.4) is 0 Å². The Morgan fingerprint density at radius 1 is 1.41 bits per heavy atom. The van der Waals surface area contributed by atoms with Crippen LogP contribution in [0.5, 0.6) is 11.5 Å². The number of methoxy groups -OCH3 is 2. The largest absolute Gasteiger partial charge is 0.493 e. The van der Waals surface area contributed by atoms with Crippen LogP contribution < -0.4 is 14.8 Å². The molecule has 0 radical (unpaired) electrons. The van der Waals surface area contributed by atoms with Crippen molar-refractivity contribution in [3.8, 4) is 22.1 Å². The molecular weight excluding hydrogens is 300 g/mol. The van der Waals surface area contributed by atoms with Gasteiger partial charge >= 0.3 is 0 Å². The van der Waals surface area contributed by atoms with E-state index >= 15 is 0 Å². The lowest BCUT2D eigenvalue weighted by Crippen LogP contribution is -2.25. The maximum atomic E-state index is 11.7. The van der Waals surface area contributed by atoms with E-state index in [4.69, 9.17) is 9.47 Å². The second-order valence-corrected chi connectivity index (χ2v) is 5.31. The predicted octanol–water partition coefficient (Wildman–Crippen LogP) is 2.67. The van der Waals surface area contributed by atoms with E-state index in [1.54, 1.807) is 20.3 Å². The van der Waals surface area contributed by atoms with E-state index in [0.29, 0.717) is 18.0 Å². The zero-order chi connectivity index (χ0) is 15.9. The molecule has 2 rings (SSSR count). The summed E-state index contributed by atoms with van der Waals surface area (Å²) in [7, 11) is 3.19. The van der Waals surface area contributed by atoms with Gasteiger partial charge in [0, 0.05) is 11.9 Å². The maximum Gasteiger partial charge on any atom is 0.226 e. The lowest BCUT2D eigenvalue weighted by atomic mass is 10.2. The highest BCUT2D eigenvalue weighted by Crippen LogP contribution is 2.38. The summed E-state index contributed by atoms with van der Waals surface area (Å²) in [4.78, 5) is 16.2. The molecule has 0 bridgehead atoms. The fraction of sp³-hybridized carbons (Fsp3) is 0.250. The van der Waals surface area contributed by atoms with E-state index in [-0.39, 0.29) is 12.3 Å². The molecule has 5 nitrogen and oxygen atoms in total. The molecule has 1 heterocycles. The predicted molar refractivity (Wildman–Crippen MR) is 87.6 cm³/mol. The SMILES string of the molecule is C=CCNC(=O)Cc1csc(-c2cccc(OC)c2OC)n1. The fourth-order valence-corrected chi connectivity index (χ4v) is 2.82. The van der Waals surface area contributed by atoms with Crippen molar-refractivity contribution >= 4 is 17.2 Å². The molecule has 1 amide bonds. The summed E-state index contributed by atoms with van der Waals surface area (Å²) in [6.07, 6.45) is 1.89. The van der Waals surface area contributed by atoms with Crippen LogP contribution in [0.15, 0.2) is 36.2 Å². The number of amides is 1. The molecule has 0 spiro atoms. The van der Waals surface area contributed by atoms with E-state index in [0.717, 1.165) is 16.3 Å². The zero-order valence-electron chi connectivity index (χ0n) is 12.6. The van der Waals surface area contributed by atoms with Crippen LogP contribution in [-0.2, 0) is 11.2 Å². The number of hydrogen-bond donors (Lipinski definition) is 1. The Kier molecular flexibility index (Phi) is 5.55. The molecule has 22 heavy (non-hydrogen) atoms. The van der Waals surface area contributed by atoms with Gasteiger partial charge in [-0.15, -0.1) is 17.9 Å². The van der Waals surface area contributed by atoms with Gasteiger partial charge in [0.1, 0.15) is 5.01 Å². The van der Waals surface area contributed by atoms with Crippen LogP contribution in [0.4, 0.5) is 0 Å². The van der Waals surface area contributed by atoms with Gasteiger partial charge in [-0.1, -0.05) is 12.1 Å². The fourth-order valence-electron chi connectivity index (χ4n) is 1.98. The highest BCUT2D eigenvalue weighted by Gasteiger charge is 2.15. The first-order valence-electron chi connectivity index (χ1n) is 6.73. The average molecular weight is 318 g/mol. The Morgan fingerprint density at radius 2 is 2.23 bits per heavy atom. The second-order valence-electron chi connectivity index (χ2n) is 4.45. The summed E-state index contributed by atoms with van der Waals surface area (Å²) >= 11 is 1.47. The number of nitrogens with zero attached hydrogens (tertiary/aromatic N) is 1. The van der Waals surface area contributed by atoms with E-state index < -0.39 is 0 Å². The number of thiazole rings is 1. The Hall–Kier alpha value is -2.34. The molecule has 0 saturated carbocycles. The molecule has 0 saturated heterocycles. The van der Waals surface area contributed by atoms with Crippen molar-refractivity contribution in [3.05, 3.63) is 41.9 Å². The highest BCUT2D eigenvalue weighted by atomic mass is 32.1. The molecule has 1 N–H and O–H groups in total. The van der Waals surface area contributed by atoms with Gasteiger partial charge in [-0.25, -0.2) is 4.98 Å². The molecule has 2 aromatic rings. The van der Waals surface area contributed by atoms with Gasteiger partial charge in [-0.2, -0.15) is 0 Å². The van der Waals surface area contributed by atoms with Crippen molar-refractivity contribution in [1.29, 1.82) is 0 Å². The second kappa shape index (κ2) is 7.61. The van der Waals surface area contributed by atoms with Crippen LogP contribution in [0.1, 0.15) is 5.69 Å². The highest BCUT2D eigenvalue weighted by molar-refractivity contribution is 7.13. The molecule has 1 aromatic carbocycles. The molecule has 0 aliphatic heterocycles. The minimum Gasteiger partial charge on any atom is -0.493 e. The van der Waals surface area contributed by atoms with Crippen molar-refractivity contribution in [2.24, 2.45) is 0 Å². The Balaban J connectivity index is 2.21. The lowest BCUT2D eigenvalue weighted by molar-refractivity contribution is -0.120. The minimum atomic E-state index is -0.0747. The van der Waals surface area contributed by atoms with Crippen LogP contribution in [0.25, 0.3) is 10.6 Å². The summed E-state index contributed by atoms with van der Waals surface area (Å²) in [6.45, 7) is 4.02. The summed E-state index contributed by atoms with van der Waals surface area (Å²) in [5, 5.41) is 5.40. The standard InChI is InChI=1S/C16H18N2O3S/c1-4-8-17-14(19)9-11-10-22-16(18-11)12-6-5-7-13(20-2)15(12)21-3/h4-7,10H,1,8-9H2,2-3H3,(H,17,19). The first-order chi connectivity index (χ1) is 10.7. The number of carbonyl (C=O) groups is 1.